The molecule has 0 amide bonds. The minimum absolute atomic E-state index is 0.129. The third-order valence-corrected chi connectivity index (χ3v) is 2.51. The summed E-state index contributed by atoms with van der Waals surface area (Å²) in [6, 6.07) is 7.66. The number of pyridine rings is 1. The summed E-state index contributed by atoms with van der Waals surface area (Å²) in [6.07, 6.45) is 1.49. The number of nitrogens with two attached hydrogens (primary N) is 1. The van der Waals surface area contributed by atoms with Crippen molar-refractivity contribution in [1.29, 1.82) is 0 Å². The molecule has 6 heteroatoms. The van der Waals surface area contributed by atoms with E-state index in [0.717, 1.165) is 0 Å². The number of rotatable bonds is 3. The molecule has 0 unspecified atom stereocenters. The molecule has 3 N–H and O–H groups in total. The van der Waals surface area contributed by atoms with Crippen LogP contribution in [0.15, 0.2) is 41.7 Å². The van der Waals surface area contributed by atoms with Gasteiger partial charge in [-0.05, 0) is 30.7 Å². The fourth-order valence-corrected chi connectivity index (χ4v) is 1.47. The monoisotopic (exact) mass is 261 g/mol. The third-order valence-electron chi connectivity index (χ3n) is 2.51. The summed E-state index contributed by atoms with van der Waals surface area (Å²) < 4.78 is 18.9. The molecule has 19 heavy (non-hydrogen) atoms. The van der Waals surface area contributed by atoms with Gasteiger partial charge in [-0.2, -0.15) is 0 Å². The lowest BCUT2D eigenvalue weighted by molar-refractivity contribution is 0.318. The summed E-state index contributed by atoms with van der Waals surface area (Å²) in [4.78, 5) is 3.98. The molecule has 0 spiro atoms. The zero-order chi connectivity index (χ0) is 13.8. The molecule has 0 fully saturated rings. The van der Waals surface area contributed by atoms with Crippen molar-refractivity contribution in [3.8, 4) is 11.6 Å². The van der Waals surface area contributed by atoms with Gasteiger partial charge in [0.25, 0.3) is 0 Å². The SMILES string of the molecule is Cc1ccc(Oc2ncccc2/C(N)=N/O)cc1F. The lowest BCUT2D eigenvalue weighted by atomic mass is 10.2. The lowest BCUT2D eigenvalue weighted by Crippen LogP contribution is -2.14. The van der Waals surface area contributed by atoms with E-state index in [-0.39, 0.29) is 23.3 Å². The first kappa shape index (κ1) is 12.8. The van der Waals surface area contributed by atoms with Crippen LogP contribution in [0, 0.1) is 12.7 Å². The molecule has 2 rings (SSSR count). The Hall–Kier alpha value is -2.63. The van der Waals surface area contributed by atoms with Crippen LogP contribution in [-0.4, -0.2) is 16.0 Å². The molecule has 2 aromatic rings. The van der Waals surface area contributed by atoms with Gasteiger partial charge in [0.15, 0.2) is 5.84 Å². The van der Waals surface area contributed by atoms with Crippen LogP contribution in [0.25, 0.3) is 0 Å². The Balaban J connectivity index is 2.35. The van der Waals surface area contributed by atoms with Crippen molar-refractivity contribution in [3.05, 3.63) is 53.5 Å². The minimum Gasteiger partial charge on any atom is -0.438 e. The minimum atomic E-state index is -0.376. The van der Waals surface area contributed by atoms with Crippen molar-refractivity contribution in [2.45, 2.75) is 6.92 Å². The Morgan fingerprint density at radius 2 is 2.21 bits per heavy atom. The summed E-state index contributed by atoms with van der Waals surface area (Å²) in [5.74, 6) is -0.0793. The Kier molecular flexibility index (Phi) is 3.61. The van der Waals surface area contributed by atoms with Gasteiger partial charge < -0.3 is 15.7 Å². The van der Waals surface area contributed by atoms with E-state index in [1.54, 1.807) is 31.2 Å². The summed E-state index contributed by atoms with van der Waals surface area (Å²) in [6.45, 7) is 1.65. The highest BCUT2D eigenvalue weighted by Crippen LogP contribution is 2.24. The molecule has 5 nitrogen and oxygen atoms in total. The van der Waals surface area contributed by atoms with E-state index >= 15 is 0 Å². The van der Waals surface area contributed by atoms with E-state index in [9.17, 15) is 4.39 Å². The van der Waals surface area contributed by atoms with Crippen LogP contribution in [0.4, 0.5) is 4.39 Å². The highest BCUT2D eigenvalue weighted by atomic mass is 19.1. The number of hydrogen-bond acceptors (Lipinski definition) is 4. The van der Waals surface area contributed by atoms with Crippen LogP contribution >= 0.6 is 0 Å². The molecule has 1 heterocycles. The van der Waals surface area contributed by atoms with Crippen molar-refractivity contribution >= 4 is 5.84 Å². The fourth-order valence-electron chi connectivity index (χ4n) is 1.47. The largest absolute Gasteiger partial charge is 0.438 e. The Morgan fingerprint density at radius 3 is 2.89 bits per heavy atom. The van der Waals surface area contributed by atoms with Crippen molar-refractivity contribution in [1.82, 2.24) is 4.98 Å². The zero-order valence-corrected chi connectivity index (χ0v) is 10.2. The fraction of sp³-hybridized carbons (Fsp3) is 0.0769. The molecule has 0 aliphatic heterocycles. The van der Waals surface area contributed by atoms with Gasteiger partial charge in [0.2, 0.25) is 5.88 Å². The smallest absolute Gasteiger partial charge is 0.230 e. The molecule has 0 radical (unpaired) electrons. The summed E-state index contributed by atoms with van der Waals surface area (Å²) in [5.41, 5.74) is 6.35. The van der Waals surface area contributed by atoms with Crippen molar-refractivity contribution in [2.24, 2.45) is 10.9 Å². The van der Waals surface area contributed by atoms with Crippen LogP contribution < -0.4 is 10.5 Å². The molecular weight excluding hydrogens is 249 g/mol. The lowest BCUT2D eigenvalue weighted by Gasteiger charge is -2.09. The van der Waals surface area contributed by atoms with Gasteiger partial charge >= 0.3 is 0 Å². The van der Waals surface area contributed by atoms with Crippen LogP contribution in [-0.2, 0) is 0 Å². The predicted molar refractivity (Wildman–Crippen MR) is 68.0 cm³/mol. The zero-order valence-electron chi connectivity index (χ0n) is 10.2. The molecule has 0 atom stereocenters. The number of hydrogen-bond donors (Lipinski definition) is 2. The molecule has 0 aliphatic rings. The second-order valence-corrected chi connectivity index (χ2v) is 3.85. The number of benzene rings is 1. The topological polar surface area (TPSA) is 80.7 Å². The summed E-state index contributed by atoms with van der Waals surface area (Å²) in [5, 5.41) is 11.6. The van der Waals surface area contributed by atoms with E-state index in [1.807, 2.05) is 0 Å². The summed E-state index contributed by atoms with van der Waals surface area (Å²) >= 11 is 0. The molecule has 1 aromatic carbocycles. The van der Waals surface area contributed by atoms with E-state index in [1.165, 1.54) is 12.3 Å². The molecule has 0 aliphatic carbocycles. The Bertz CT molecular complexity index is 629. The first-order valence-corrected chi connectivity index (χ1v) is 5.48. The van der Waals surface area contributed by atoms with Crippen molar-refractivity contribution in [2.75, 3.05) is 0 Å². The average Bonchev–Trinajstić information content (AvgIpc) is 2.43. The number of nitrogens with zero attached hydrogens (tertiary/aromatic N) is 2. The first-order valence-electron chi connectivity index (χ1n) is 5.48. The predicted octanol–water partition coefficient (Wildman–Crippen LogP) is 2.42. The van der Waals surface area contributed by atoms with E-state index in [2.05, 4.69) is 10.1 Å². The average molecular weight is 261 g/mol. The van der Waals surface area contributed by atoms with Crippen molar-refractivity contribution in [3.63, 3.8) is 0 Å². The quantitative estimate of drug-likeness (QED) is 0.385. The molecule has 0 saturated heterocycles. The standard InChI is InChI=1S/C13H12FN3O2/c1-8-4-5-9(7-11(8)14)19-13-10(12(15)17-18)3-2-6-16-13/h2-7,18H,1H3,(H2,15,17). The maximum atomic E-state index is 13.4. The maximum absolute atomic E-state index is 13.4. The van der Waals surface area contributed by atoms with Gasteiger partial charge in [-0.3, -0.25) is 0 Å². The Labute approximate surface area is 109 Å². The maximum Gasteiger partial charge on any atom is 0.230 e. The van der Waals surface area contributed by atoms with E-state index in [0.29, 0.717) is 11.1 Å². The number of halogens is 1. The van der Waals surface area contributed by atoms with Gasteiger partial charge in [0.05, 0.1) is 5.56 Å². The third kappa shape index (κ3) is 2.79. The molecule has 1 aromatic heterocycles. The molecule has 0 bridgehead atoms. The van der Waals surface area contributed by atoms with E-state index in [4.69, 9.17) is 15.7 Å². The number of aromatic nitrogens is 1. The van der Waals surface area contributed by atoms with Crippen molar-refractivity contribution < 1.29 is 14.3 Å². The van der Waals surface area contributed by atoms with Crippen LogP contribution in [0.2, 0.25) is 0 Å². The second-order valence-electron chi connectivity index (χ2n) is 3.85. The molecular formula is C13H12FN3O2. The molecule has 98 valence electrons. The first-order chi connectivity index (χ1) is 9.11. The second kappa shape index (κ2) is 5.34. The number of aryl methyl sites for hydroxylation is 1. The number of amidine groups is 1. The Morgan fingerprint density at radius 1 is 1.42 bits per heavy atom. The van der Waals surface area contributed by atoms with Gasteiger partial charge in [0.1, 0.15) is 11.6 Å². The highest BCUT2D eigenvalue weighted by molar-refractivity contribution is 5.99. The number of oxime groups is 1. The van der Waals surface area contributed by atoms with E-state index < -0.39 is 0 Å². The van der Waals surface area contributed by atoms with Crippen LogP contribution in [0.1, 0.15) is 11.1 Å². The van der Waals surface area contributed by atoms with Crippen LogP contribution in [0.3, 0.4) is 0 Å². The number of ether oxygens (including phenoxy) is 1. The van der Waals surface area contributed by atoms with Gasteiger partial charge in [-0.15, -0.1) is 0 Å². The van der Waals surface area contributed by atoms with Gasteiger partial charge in [0, 0.05) is 12.3 Å². The normalized spacial score (nSPS) is 11.4. The summed E-state index contributed by atoms with van der Waals surface area (Å²) in [7, 11) is 0. The van der Waals surface area contributed by atoms with Crippen LogP contribution in [0.5, 0.6) is 11.6 Å². The highest BCUT2D eigenvalue weighted by Gasteiger charge is 2.11. The van der Waals surface area contributed by atoms with Gasteiger partial charge in [-0.25, -0.2) is 9.37 Å². The van der Waals surface area contributed by atoms with Gasteiger partial charge in [-0.1, -0.05) is 11.2 Å². The molecule has 0 saturated carbocycles.